The SMILES string of the molecule is CC(C#N)=C(Cl)c1ccoc1. The van der Waals surface area contributed by atoms with Gasteiger partial charge in [0.15, 0.2) is 0 Å². The van der Waals surface area contributed by atoms with Crippen molar-refractivity contribution in [2.45, 2.75) is 6.92 Å². The molecule has 0 aromatic carbocycles. The maximum absolute atomic E-state index is 8.48. The zero-order chi connectivity index (χ0) is 8.27. The predicted molar refractivity (Wildman–Crippen MR) is 42.8 cm³/mol. The van der Waals surface area contributed by atoms with E-state index in [-0.39, 0.29) is 0 Å². The molecule has 0 unspecified atom stereocenters. The van der Waals surface area contributed by atoms with E-state index in [1.165, 1.54) is 12.5 Å². The van der Waals surface area contributed by atoms with E-state index in [0.717, 1.165) is 5.56 Å². The van der Waals surface area contributed by atoms with Gasteiger partial charge in [-0.1, -0.05) is 11.6 Å². The molecule has 0 bridgehead atoms. The van der Waals surface area contributed by atoms with Crippen molar-refractivity contribution in [3.8, 4) is 6.07 Å². The Balaban J connectivity index is 3.05. The number of halogens is 1. The van der Waals surface area contributed by atoms with E-state index in [1.54, 1.807) is 13.0 Å². The summed E-state index contributed by atoms with van der Waals surface area (Å²) in [5.41, 5.74) is 1.23. The lowest BCUT2D eigenvalue weighted by Gasteiger charge is -1.91. The first-order chi connectivity index (χ1) is 5.25. The number of furan rings is 1. The van der Waals surface area contributed by atoms with Crippen LogP contribution in [0.25, 0.3) is 5.03 Å². The topological polar surface area (TPSA) is 36.9 Å². The van der Waals surface area contributed by atoms with Crippen LogP contribution in [0.15, 0.2) is 28.6 Å². The minimum absolute atomic E-state index is 0.446. The van der Waals surface area contributed by atoms with Gasteiger partial charge in [-0.3, -0.25) is 0 Å². The van der Waals surface area contributed by atoms with E-state index in [4.69, 9.17) is 21.3 Å². The van der Waals surface area contributed by atoms with Crippen LogP contribution in [0, 0.1) is 11.3 Å². The molecule has 1 rings (SSSR count). The van der Waals surface area contributed by atoms with Crippen LogP contribution >= 0.6 is 11.6 Å². The molecule has 11 heavy (non-hydrogen) atoms. The second-order valence-corrected chi connectivity index (χ2v) is 2.44. The molecule has 0 fully saturated rings. The van der Waals surface area contributed by atoms with Gasteiger partial charge in [0.05, 0.1) is 23.6 Å². The first-order valence-electron chi connectivity index (χ1n) is 3.04. The first-order valence-corrected chi connectivity index (χ1v) is 3.42. The normalized spacial score (nSPS) is 12.1. The second-order valence-electron chi connectivity index (χ2n) is 2.06. The lowest BCUT2D eigenvalue weighted by molar-refractivity contribution is 0.566. The van der Waals surface area contributed by atoms with Crippen LogP contribution in [-0.2, 0) is 0 Å². The van der Waals surface area contributed by atoms with Crippen LogP contribution in [-0.4, -0.2) is 0 Å². The van der Waals surface area contributed by atoms with Crippen molar-refractivity contribution in [2.24, 2.45) is 0 Å². The Bertz CT molecular complexity index is 305. The largest absolute Gasteiger partial charge is 0.472 e. The lowest BCUT2D eigenvalue weighted by atomic mass is 10.2. The average molecular weight is 168 g/mol. The van der Waals surface area contributed by atoms with Crippen molar-refractivity contribution in [1.82, 2.24) is 0 Å². The molecule has 1 aromatic rings. The van der Waals surface area contributed by atoms with Gasteiger partial charge in [0.1, 0.15) is 0 Å². The third kappa shape index (κ3) is 1.63. The summed E-state index contributed by atoms with van der Waals surface area (Å²) in [6.45, 7) is 1.66. The van der Waals surface area contributed by atoms with Crippen LogP contribution < -0.4 is 0 Å². The number of nitriles is 1. The molecule has 0 spiro atoms. The van der Waals surface area contributed by atoms with E-state index in [1.807, 2.05) is 6.07 Å². The Morgan fingerprint density at radius 2 is 2.45 bits per heavy atom. The summed E-state index contributed by atoms with van der Waals surface area (Å²) >= 11 is 5.80. The van der Waals surface area contributed by atoms with Crippen LogP contribution in [0.3, 0.4) is 0 Å². The molecular formula is C8H6ClNO. The highest BCUT2D eigenvalue weighted by Crippen LogP contribution is 2.22. The monoisotopic (exact) mass is 167 g/mol. The predicted octanol–water partition coefficient (Wildman–Crippen LogP) is 2.77. The Labute approximate surface area is 69.7 Å². The Kier molecular flexibility index (Phi) is 2.35. The van der Waals surface area contributed by atoms with Crippen molar-refractivity contribution in [3.63, 3.8) is 0 Å². The molecule has 0 N–H and O–H groups in total. The minimum atomic E-state index is 0.446. The van der Waals surface area contributed by atoms with E-state index in [2.05, 4.69) is 0 Å². The Morgan fingerprint density at radius 1 is 1.73 bits per heavy atom. The summed E-state index contributed by atoms with van der Waals surface area (Å²) in [5, 5.41) is 8.93. The van der Waals surface area contributed by atoms with Gasteiger partial charge in [-0.15, -0.1) is 0 Å². The Morgan fingerprint density at radius 3 is 2.91 bits per heavy atom. The zero-order valence-corrected chi connectivity index (χ0v) is 6.72. The minimum Gasteiger partial charge on any atom is -0.472 e. The van der Waals surface area contributed by atoms with Crippen LogP contribution in [0.5, 0.6) is 0 Å². The second kappa shape index (κ2) is 3.27. The Hall–Kier alpha value is -1.20. The van der Waals surface area contributed by atoms with Gasteiger partial charge in [-0.05, 0) is 13.0 Å². The molecule has 3 heteroatoms. The standard InChI is InChI=1S/C8H6ClNO/c1-6(4-10)8(9)7-2-3-11-5-7/h2-3,5H,1H3. The van der Waals surface area contributed by atoms with E-state index >= 15 is 0 Å². The molecule has 0 saturated carbocycles. The maximum Gasteiger partial charge on any atom is 0.0990 e. The molecule has 0 aliphatic carbocycles. The van der Waals surface area contributed by atoms with Gasteiger partial charge in [0, 0.05) is 11.1 Å². The van der Waals surface area contributed by atoms with E-state index in [9.17, 15) is 0 Å². The molecule has 1 heterocycles. The zero-order valence-electron chi connectivity index (χ0n) is 5.97. The van der Waals surface area contributed by atoms with Gasteiger partial charge in [-0.25, -0.2) is 0 Å². The number of allylic oxidation sites excluding steroid dienone is 1. The number of rotatable bonds is 1. The number of hydrogen-bond donors (Lipinski definition) is 0. The van der Waals surface area contributed by atoms with E-state index in [0.29, 0.717) is 10.6 Å². The first kappa shape index (κ1) is 7.90. The van der Waals surface area contributed by atoms with Crippen LogP contribution in [0.1, 0.15) is 12.5 Å². The highest BCUT2D eigenvalue weighted by atomic mass is 35.5. The lowest BCUT2D eigenvalue weighted by Crippen LogP contribution is -1.75. The van der Waals surface area contributed by atoms with Crippen LogP contribution in [0.4, 0.5) is 0 Å². The number of nitrogens with zero attached hydrogens (tertiary/aromatic N) is 1. The fourth-order valence-corrected chi connectivity index (χ4v) is 0.805. The van der Waals surface area contributed by atoms with Gasteiger partial charge in [-0.2, -0.15) is 5.26 Å². The quantitative estimate of drug-likeness (QED) is 0.603. The molecule has 0 aliphatic heterocycles. The van der Waals surface area contributed by atoms with Crippen molar-refractivity contribution >= 4 is 16.6 Å². The molecule has 2 nitrogen and oxygen atoms in total. The van der Waals surface area contributed by atoms with Crippen molar-refractivity contribution in [2.75, 3.05) is 0 Å². The smallest absolute Gasteiger partial charge is 0.0990 e. The summed E-state index contributed by atoms with van der Waals surface area (Å²) in [5.74, 6) is 0. The summed E-state index contributed by atoms with van der Waals surface area (Å²) in [4.78, 5) is 0. The molecule has 0 atom stereocenters. The van der Waals surface area contributed by atoms with Crippen molar-refractivity contribution in [1.29, 1.82) is 5.26 Å². The summed E-state index contributed by atoms with van der Waals surface area (Å²) < 4.78 is 4.80. The molecule has 0 radical (unpaired) electrons. The molecule has 0 amide bonds. The molecule has 0 aliphatic rings. The molecule has 56 valence electrons. The summed E-state index contributed by atoms with van der Waals surface area (Å²) in [7, 11) is 0. The highest BCUT2D eigenvalue weighted by Gasteiger charge is 2.02. The number of hydrogen-bond acceptors (Lipinski definition) is 2. The van der Waals surface area contributed by atoms with E-state index < -0.39 is 0 Å². The maximum atomic E-state index is 8.48. The summed E-state index contributed by atoms with van der Waals surface area (Å²) in [6.07, 6.45) is 3.02. The fourth-order valence-electron chi connectivity index (χ4n) is 0.655. The molecular weight excluding hydrogens is 162 g/mol. The van der Waals surface area contributed by atoms with Gasteiger partial charge >= 0.3 is 0 Å². The fraction of sp³-hybridized carbons (Fsp3) is 0.125. The summed E-state index contributed by atoms with van der Waals surface area (Å²) in [6, 6.07) is 3.67. The van der Waals surface area contributed by atoms with Crippen molar-refractivity contribution < 1.29 is 4.42 Å². The van der Waals surface area contributed by atoms with Gasteiger partial charge in [0.25, 0.3) is 0 Å². The van der Waals surface area contributed by atoms with Gasteiger partial charge < -0.3 is 4.42 Å². The average Bonchev–Trinajstić information content (AvgIpc) is 2.53. The molecule has 0 saturated heterocycles. The van der Waals surface area contributed by atoms with Gasteiger partial charge in [0.2, 0.25) is 0 Å². The third-order valence-corrected chi connectivity index (χ3v) is 1.77. The molecule has 1 aromatic heterocycles. The van der Waals surface area contributed by atoms with Crippen molar-refractivity contribution in [3.05, 3.63) is 29.7 Å². The van der Waals surface area contributed by atoms with Crippen LogP contribution in [0.2, 0.25) is 0 Å². The third-order valence-electron chi connectivity index (χ3n) is 1.27. The highest BCUT2D eigenvalue weighted by molar-refractivity contribution is 6.49.